The fraction of sp³-hybridized carbons (Fsp3) is 0.200. The first-order valence-corrected chi connectivity index (χ1v) is 4.58. The van der Waals surface area contributed by atoms with E-state index in [4.69, 9.17) is 16.9 Å². The normalized spacial score (nSPS) is 10.8. The van der Waals surface area contributed by atoms with Gasteiger partial charge in [-0.25, -0.2) is 4.79 Å². The Morgan fingerprint density at radius 1 is 1.47 bits per heavy atom. The highest BCUT2D eigenvalue weighted by molar-refractivity contribution is 6.33. The Morgan fingerprint density at radius 3 is 2.47 bits per heavy atom. The summed E-state index contributed by atoms with van der Waals surface area (Å²) in [6.07, 6.45) is -4.71. The number of esters is 1. The number of carbonyl (C=O) groups excluding carboxylic acids is 1. The van der Waals surface area contributed by atoms with Crippen LogP contribution in [0.5, 0.6) is 0 Å². The number of ether oxygens (including phenoxy) is 1. The van der Waals surface area contributed by atoms with Gasteiger partial charge in [0.25, 0.3) is 0 Å². The number of methoxy groups -OCH3 is 1. The van der Waals surface area contributed by atoms with Gasteiger partial charge < -0.3 is 4.74 Å². The monoisotopic (exact) mass is 263 g/mol. The minimum absolute atomic E-state index is 0.279. The van der Waals surface area contributed by atoms with Crippen LogP contribution in [0.3, 0.4) is 0 Å². The molecule has 0 heterocycles. The molecule has 0 fully saturated rings. The van der Waals surface area contributed by atoms with Gasteiger partial charge in [0.05, 0.1) is 34.9 Å². The van der Waals surface area contributed by atoms with E-state index in [1.54, 1.807) is 0 Å². The molecule has 90 valence electrons. The molecule has 0 aliphatic carbocycles. The van der Waals surface area contributed by atoms with Crippen molar-refractivity contribution in [3.05, 3.63) is 33.8 Å². The van der Waals surface area contributed by atoms with Crippen LogP contribution in [0.25, 0.3) is 0 Å². The van der Waals surface area contributed by atoms with Crippen LogP contribution in [0.1, 0.15) is 21.5 Å². The molecule has 0 aliphatic heterocycles. The summed E-state index contributed by atoms with van der Waals surface area (Å²) in [7, 11) is 1.06. The van der Waals surface area contributed by atoms with Gasteiger partial charge in [0.15, 0.2) is 0 Å². The highest BCUT2D eigenvalue weighted by atomic mass is 35.5. The zero-order chi connectivity index (χ0) is 13.2. The molecule has 0 spiro atoms. The predicted molar refractivity (Wildman–Crippen MR) is 52.5 cm³/mol. The molecule has 0 atom stereocenters. The van der Waals surface area contributed by atoms with Crippen LogP contribution >= 0.6 is 11.6 Å². The summed E-state index contributed by atoms with van der Waals surface area (Å²) < 4.78 is 41.8. The Morgan fingerprint density at radius 2 is 2.06 bits per heavy atom. The summed E-state index contributed by atoms with van der Waals surface area (Å²) in [4.78, 5) is 11.2. The molecule has 0 radical (unpaired) electrons. The van der Waals surface area contributed by atoms with Crippen LogP contribution in [-0.4, -0.2) is 13.1 Å². The van der Waals surface area contributed by atoms with E-state index in [1.807, 2.05) is 0 Å². The number of nitrogens with zero attached hydrogens (tertiary/aromatic N) is 1. The molecule has 0 N–H and O–H groups in total. The molecular weight excluding hydrogens is 259 g/mol. The Bertz CT molecular complexity index is 505. The van der Waals surface area contributed by atoms with Gasteiger partial charge in [-0.05, 0) is 12.1 Å². The van der Waals surface area contributed by atoms with Gasteiger partial charge in [0.2, 0.25) is 0 Å². The minimum Gasteiger partial charge on any atom is -0.465 e. The molecular formula is C10H5ClF3NO2. The third-order valence-corrected chi connectivity index (χ3v) is 2.25. The zero-order valence-electron chi connectivity index (χ0n) is 8.43. The number of benzene rings is 1. The number of alkyl halides is 3. The van der Waals surface area contributed by atoms with Crippen molar-refractivity contribution in [1.29, 1.82) is 5.26 Å². The van der Waals surface area contributed by atoms with Crippen molar-refractivity contribution in [3.63, 3.8) is 0 Å². The lowest BCUT2D eigenvalue weighted by molar-refractivity contribution is -0.137. The Balaban J connectivity index is 3.47. The second kappa shape index (κ2) is 4.63. The van der Waals surface area contributed by atoms with Crippen molar-refractivity contribution in [3.8, 4) is 6.07 Å². The number of hydrogen-bond donors (Lipinski definition) is 0. The van der Waals surface area contributed by atoms with Gasteiger partial charge in [-0.15, -0.1) is 0 Å². The van der Waals surface area contributed by atoms with E-state index in [0.29, 0.717) is 6.07 Å². The maximum absolute atomic E-state index is 12.5. The first-order valence-electron chi connectivity index (χ1n) is 4.20. The first-order chi connectivity index (χ1) is 7.81. The fourth-order valence-electron chi connectivity index (χ4n) is 1.17. The molecule has 0 saturated heterocycles. The van der Waals surface area contributed by atoms with Crippen LogP contribution in [0.2, 0.25) is 5.02 Å². The van der Waals surface area contributed by atoms with Crippen molar-refractivity contribution in [2.24, 2.45) is 0 Å². The summed E-state index contributed by atoms with van der Waals surface area (Å²) in [5.41, 5.74) is -2.14. The highest BCUT2D eigenvalue weighted by Crippen LogP contribution is 2.35. The predicted octanol–water partition coefficient (Wildman–Crippen LogP) is 3.02. The number of hydrogen-bond acceptors (Lipinski definition) is 3. The van der Waals surface area contributed by atoms with E-state index in [2.05, 4.69) is 4.74 Å². The zero-order valence-corrected chi connectivity index (χ0v) is 9.19. The van der Waals surface area contributed by atoms with Gasteiger partial charge in [0, 0.05) is 0 Å². The van der Waals surface area contributed by atoms with E-state index >= 15 is 0 Å². The molecule has 0 amide bonds. The Hall–Kier alpha value is -1.74. The first kappa shape index (κ1) is 13.3. The van der Waals surface area contributed by atoms with Crippen molar-refractivity contribution in [2.75, 3.05) is 7.11 Å². The smallest absolute Gasteiger partial charge is 0.417 e. The molecule has 0 saturated carbocycles. The molecule has 0 aliphatic rings. The van der Waals surface area contributed by atoms with Crippen molar-refractivity contribution < 1.29 is 22.7 Å². The largest absolute Gasteiger partial charge is 0.465 e. The quantitative estimate of drug-likeness (QED) is 0.732. The van der Waals surface area contributed by atoms with Gasteiger partial charge in [-0.3, -0.25) is 0 Å². The van der Waals surface area contributed by atoms with E-state index in [1.165, 1.54) is 6.07 Å². The lowest BCUT2D eigenvalue weighted by Gasteiger charge is -2.11. The van der Waals surface area contributed by atoms with Crippen molar-refractivity contribution in [2.45, 2.75) is 6.18 Å². The lowest BCUT2D eigenvalue weighted by Crippen LogP contribution is -2.11. The second-order valence-electron chi connectivity index (χ2n) is 2.98. The van der Waals surface area contributed by atoms with Crippen molar-refractivity contribution in [1.82, 2.24) is 0 Å². The van der Waals surface area contributed by atoms with E-state index in [-0.39, 0.29) is 5.56 Å². The summed E-state index contributed by atoms with van der Waals surface area (Å²) in [6, 6.07) is 2.66. The standard InChI is InChI=1S/C10H5ClF3NO2/c1-17-9(16)6-2-5(4-15)7(3-8(6)11)10(12,13)14/h2-3H,1H3. The Kier molecular flexibility index (Phi) is 3.63. The average molecular weight is 264 g/mol. The molecule has 7 heteroatoms. The third-order valence-electron chi connectivity index (χ3n) is 1.94. The topological polar surface area (TPSA) is 50.1 Å². The van der Waals surface area contributed by atoms with E-state index < -0.39 is 28.3 Å². The molecule has 17 heavy (non-hydrogen) atoms. The molecule has 1 rings (SSSR count). The number of halogens is 4. The summed E-state index contributed by atoms with van der Waals surface area (Å²) in [5, 5.41) is 8.19. The fourth-order valence-corrected chi connectivity index (χ4v) is 1.41. The minimum atomic E-state index is -4.71. The summed E-state index contributed by atoms with van der Waals surface area (Å²) in [5.74, 6) is -0.903. The van der Waals surface area contributed by atoms with Crippen LogP contribution in [0.15, 0.2) is 12.1 Å². The molecule has 0 bridgehead atoms. The summed E-state index contributed by atoms with van der Waals surface area (Å²) in [6.45, 7) is 0. The number of rotatable bonds is 1. The SMILES string of the molecule is COC(=O)c1cc(C#N)c(C(F)(F)F)cc1Cl. The number of nitriles is 1. The highest BCUT2D eigenvalue weighted by Gasteiger charge is 2.35. The summed E-state index contributed by atoms with van der Waals surface area (Å²) >= 11 is 5.53. The maximum atomic E-state index is 12.5. The van der Waals surface area contributed by atoms with Crippen molar-refractivity contribution >= 4 is 17.6 Å². The van der Waals surface area contributed by atoms with Gasteiger partial charge in [0.1, 0.15) is 0 Å². The number of carbonyl (C=O) groups is 1. The average Bonchev–Trinajstić information content (AvgIpc) is 2.26. The van der Waals surface area contributed by atoms with Crippen LogP contribution in [0, 0.1) is 11.3 Å². The van der Waals surface area contributed by atoms with Crippen LogP contribution in [0.4, 0.5) is 13.2 Å². The van der Waals surface area contributed by atoms with Gasteiger partial charge >= 0.3 is 12.1 Å². The van der Waals surface area contributed by atoms with E-state index in [0.717, 1.165) is 13.2 Å². The lowest BCUT2D eigenvalue weighted by atomic mass is 10.0. The molecule has 3 nitrogen and oxygen atoms in total. The molecule has 1 aromatic carbocycles. The van der Waals surface area contributed by atoms with E-state index in [9.17, 15) is 18.0 Å². The molecule has 0 unspecified atom stereocenters. The molecule has 0 aromatic heterocycles. The Labute approximate surface area is 99.4 Å². The van der Waals surface area contributed by atoms with Gasteiger partial charge in [-0.2, -0.15) is 18.4 Å². The third kappa shape index (κ3) is 2.68. The maximum Gasteiger partial charge on any atom is 0.417 e. The van der Waals surface area contributed by atoms with Gasteiger partial charge in [-0.1, -0.05) is 11.6 Å². The van der Waals surface area contributed by atoms with Crippen LogP contribution in [-0.2, 0) is 10.9 Å². The molecule has 1 aromatic rings. The second-order valence-corrected chi connectivity index (χ2v) is 3.39. The van der Waals surface area contributed by atoms with Crippen LogP contribution < -0.4 is 0 Å².